The van der Waals surface area contributed by atoms with Crippen LogP contribution in [0.1, 0.15) is 43.4 Å². The highest BCUT2D eigenvalue weighted by atomic mass is 16.5. The molecule has 3 rings (SSSR count). The molecule has 2 heterocycles. The maximum absolute atomic E-state index is 12.9. The Kier molecular flexibility index (Phi) is 4.87. The summed E-state index contributed by atoms with van der Waals surface area (Å²) in [4.78, 5) is 12.9. The van der Waals surface area contributed by atoms with Crippen molar-refractivity contribution in [2.45, 2.75) is 44.2 Å². The van der Waals surface area contributed by atoms with Crippen LogP contribution in [0, 0.1) is 0 Å². The lowest BCUT2D eigenvalue weighted by molar-refractivity contribution is -0.147. The molecule has 1 aromatic rings. The van der Waals surface area contributed by atoms with E-state index in [0.717, 1.165) is 37.2 Å². The Bertz CT molecular complexity index is 567. The van der Waals surface area contributed by atoms with Crippen LogP contribution in [0.4, 0.5) is 0 Å². The molecule has 1 fully saturated rings. The minimum Gasteiger partial charge on any atom is -0.493 e. The first kappa shape index (κ1) is 16.3. The molecule has 2 aliphatic heterocycles. The smallest absolute Gasteiger partial charge is 0.252 e. The zero-order valence-electron chi connectivity index (χ0n) is 14.0. The van der Waals surface area contributed by atoms with Gasteiger partial charge in [-0.2, -0.15) is 0 Å². The average Bonchev–Trinajstić information content (AvgIpc) is 2.62. The fraction of sp³-hybridized carbons (Fsp3) is 0.611. The van der Waals surface area contributed by atoms with Gasteiger partial charge >= 0.3 is 0 Å². The molecular weight excluding hydrogens is 292 g/mol. The zero-order chi connectivity index (χ0) is 16.3. The SMILES string of the molecule is CCc1cccc2c1OCCC2NC(=O)C1(OC)CCNCC1. The maximum Gasteiger partial charge on any atom is 0.252 e. The standard InChI is InChI=1S/C18H26N2O3/c1-3-13-5-4-6-14-15(7-12-23-16(13)14)20-17(21)18(22-2)8-10-19-11-9-18/h4-6,15,19H,3,7-12H2,1-2H3,(H,20,21). The first-order chi connectivity index (χ1) is 11.2. The van der Waals surface area contributed by atoms with Crippen molar-refractivity contribution in [2.24, 2.45) is 0 Å². The monoisotopic (exact) mass is 318 g/mol. The van der Waals surface area contributed by atoms with Crippen LogP contribution in [0.25, 0.3) is 0 Å². The first-order valence-corrected chi connectivity index (χ1v) is 8.51. The van der Waals surface area contributed by atoms with Gasteiger partial charge in [0.25, 0.3) is 5.91 Å². The summed E-state index contributed by atoms with van der Waals surface area (Å²) in [6, 6.07) is 6.19. The molecule has 0 spiro atoms. The van der Waals surface area contributed by atoms with E-state index in [-0.39, 0.29) is 11.9 Å². The minimum atomic E-state index is -0.702. The largest absolute Gasteiger partial charge is 0.493 e. The van der Waals surface area contributed by atoms with Crippen LogP contribution in [-0.4, -0.2) is 38.3 Å². The van der Waals surface area contributed by atoms with Gasteiger partial charge in [-0.1, -0.05) is 25.1 Å². The molecule has 0 saturated carbocycles. The van der Waals surface area contributed by atoms with Crippen molar-refractivity contribution in [1.29, 1.82) is 0 Å². The molecule has 1 amide bonds. The predicted molar refractivity (Wildman–Crippen MR) is 88.7 cm³/mol. The molecule has 5 heteroatoms. The number of fused-ring (bicyclic) bond motifs is 1. The molecule has 1 unspecified atom stereocenters. The lowest BCUT2D eigenvalue weighted by atomic mass is 9.89. The number of rotatable bonds is 4. The van der Waals surface area contributed by atoms with Gasteiger partial charge in [0.05, 0.1) is 12.6 Å². The number of amides is 1. The van der Waals surface area contributed by atoms with Crippen molar-refractivity contribution in [1.82, 2.24) is 10.6 Å². The number of nitrogens with one attached hydrogen (secondary N) is 2. The molecule has 126 valence electrons. The highest BCUT2D eigenvalue weighted by Gasteiger charge is 2.41. The van der Waals surface area contributed by atoms with E-state index in [9.17, 15) is 4.79 Å². The summed E-state index contributed by atoms with van der Waals surface area (Å²) >= 11 is 0. The molecule has 1 aromatic carbocycles. The average molecular weight is 318 g/mol. The van der Waals surface area contributed by atoms with Crippen LogP contribution < -0.4 is 15.4 Å². The number of hydrogen-bond donors (Lipinski definition) is 2. The first-order valence-electron chi connectivity index (χ1n) is 8.51. The summed E-state index contributed by atoms with van der Waals surface area (Å²) in [6.45, 7) is 4.38. The summed E-state index contributed by atoms with van der Waals surface area (Å²) in [5, 5.41) is 6.50. The Morgan fingerprint density at radius 1 is 1.43 bits per heavy atom. The number of carbonyl (C=O) groups excluding carboxylic acids is 1. The van der Waals surface area contributed by atoms with E-state index >= 15 is 0 Å². The van der Waals surface area contributed by atoms with Crippen LogP contribution >= 0.6 is 0 Å². The summed E-state index contributed by atoms with van der Waals surface area (Å²) < 4.78 is 11.5. The van der Waals surface area contributed by atoms with Crippen molar-refractivity contribution in [3.63, 3.8) is 0 Å². The molecule has 5 nitrogen and oxygen atoms in total. The lowest BCUT2D eigenvalue weighted by Gasteiger charge is -2.37. The molecule has 1 saturated heterocycles. The van der Waals surface area contributed by atoms with Gasteiger partial charge in [-0.3, -0.25) is 4.79 Å². The van der Waals surface area contributed by atoms with Gasteiger partial charge < -0.3 is 20.1 Å². The number of piperidine rings is 1. The van der Waals surface area contributed by atoms with E-state index < -0.39 is 5.60 Å². The highest BCUT2D eigenvalue weighted by molar-refractivity contribution is 5.86. The molecular formula is C18H26N2O3. The molecule has 1 atom stereocenters. The van der Waals surface area contributed by atoms with Gasteiger partial charge in [0.1, 0.15) is 11.4 Å². The highest BCUT2D eigenvalue weighted by Crippen LogP contribution is 2.36. The van der Waals surface area contributed by atoms with Gasteiger partial charge in [-0.15, -0.1) is 0 Å². The van der Waals surface area contributed by atoms with Gasteiger partial charge in [-0.25, -0.2) is 0 Å². The van der Waals surface area contributed by atoms with Crippen LogP contribution in [-0.2, 0) is 16.0 Å². The van der Waals surface area contributed by atoms with E-state index in [2.05, 4.69) is 29.7 Å². The fourth-order valence-corrected chi connectivity index (χ4v) is 3.56. The number of ether oxygens (including phenoxy) is 2. The van der Waals surface area contributed by atoms with Gasteiger partial charge in [0, 0.05) is 19.1 Å². The van der Waals surface area contributed by atoms with Crippen LogP contribution in [0.2, 0.25) is 0 Å². The molecule has 23 heavy (non-hydrogen) atoms. The predicted octanol–water partition coefficient (Wildman–Crippen LogP) is 1.96. The summed E-state index contributed by atoms with van der Waals surface area (Å²) in [6.07, 6.45) is 3.14. The Labute approximate surface area is 137 Å². The molecule has 0 radical (unpaired) electrons. The van der Waals surface area contributed by atoms with E-state index in [1.807, 2.05) is 6.07 Å². The molecule has 0 aromatic heterocycles. The summed E-state index contributed by atoms with van der Waals surface area (Å²) in [5.41, 5.74) is 1.58. The second kappa shape index (κ2) is 6.89. The van der Waals surface area contributed by atoms with E-state index in [1.165, 1.54) is 5.56 Å². The Morgan fingerprint density at radius 3 is 2.91 bits per heavy atom. The molecule has 0 aliphatic carbocycles. The molecule has 0 bridgehead atoms. The zero-order valence-corrected chi connectivity index (χ0v) is 14.0. The number of benzene rings is 1. The normalized spacial score (nSPS) is 22.8. The van der Waals surface area contributed by atoms with Crippen LogP contribution in [0.3, 0.4) is 0 Å². The number of methoxy groups -OCH3 is 1. The van der Waals surface area contributed by atoms with E-state index in [4.69, 9.17) is 9.47 Å². The number of hydrogen-bond acceptors (Lipinski definition) is 4. The minimum absolute atomic E-state index is 0.000314. The second-order valence-corrected chi connectivity index (χ2v) is 6.30. The Balaban J connectivity index is 1.80. The van der Waals surface area contributed by atoms with Crippen LogP contribution in [0.15, 0.2) is 18.2 Å². The Morgan fingerprint density at radius 2 is 2.22 bits per heavy atom. The third kappa shape index (κ3) is 3.08. The number of para-hydroxylation sites is 1. The van der Waals surface area contributed by atoms with Crippen molar-refractivity contribution in [2.75, 3.05) is 26.8 Å². The number of carbonyl (C=O) groups is 1. The fourth-order valence-electron chi connectivity index (χ4n) is 3.56. The van der Waals surface area contributed by atoms with Gasteiger partial charge in [0.15, 0.2) is 0 Å². The van der Waals surface area contributed by atoms with Gasteiger partial charge in [-0.05, 0) is 37.9 Å². The third-order valence-corrected chi connectivity index (χ3v) is 5.06. The van der Waals surface area contributed by atoms with Crippen LogP contribution in [0.5, 0.6) is 5.75 Å². The van der Waals surface area contributed by atoms with Crippen molar-refractivity contribution in [3.8, 4) is 5.75 Å². The van der Waals surface area contributed by atoms with E-state index in [0.29, 0.717) is 19.4 Å². The molecule has 2 N–H and O–H groups in total. The molecule has 2 aliphatic rings. The van der Waals surface area contributed by atoms with E-state index in [1.54, 1.807) is 7.11 Å². The van der Waals surface area contributed by atoms with Crippen molar-refractivity contribution in [3.05, 3.63) is 29.3 Å². The topological polar surface area (TPSA) is 59.6 Å². The summed E-state index contributed by atoms with van der Waals surface area (Å²) in [5.74, 6) is 0.949. The van der Waals surface area contributed by atoms with Crippen molar-refractivity contribution < 1.29 is 14.3 Å². The Hall–Kier alpha value is -1.59. The van der Waals surface area contributed by atoms with Gasteiger partial charge in [0.2, 0.25) is 0 Å². The quantitative estimate of drug-likeness (QED) is 0.891. The third-order valence-electron chi connectivity index (χ3n) is 5.06. The maximum atomic E-state index is 12.9. The number of aryl methyl sites for hydroxylation is 1. The lowest BCUT2D eigenvalue weighted by Crippen LogP contribution is -2.55. The summed E-state index contributed by atoms with van der Waals surface area (Å²) in [7, 11) is 1.64. The van der Waals surface area contributed by atoms with Crippen molar-refractivity contribution >= 4 is 5.91 Å². The second-order valence-electron chi connectivity index (χ2n) is 6.30.